The zero-order chi connectivity index (χ0) is 27.2. The number of para-hydroxylation sites is 1. The van der Waals surface area contributed by atoms with Gasteiger partial charge >= 0.3 is 0 Å². The summed E-state index contributed by atoms with van der Waals surface area (Å²) >= 11 is 30.3. The van der Waals surface area contributed by atoms with Crippen molar-refractivity contribution in [1.29, 1.82) is 0 Å². The number of hydrogen-bond donors (Lipinski definition) is 0. The van der Waals surface area contributed by atoms with Crippen LogP contribution in [0.2, 0.25) is 25.1 Å². The van der Waals surface area contributed by atoms with Gasteiger partial charge in [0, 0.05) is 16.7 Å². The Morgan fingerprint density at radius 1 is 0.811 bits per heavy atom. The maximum Gasteiger partial charge on any atom is 0.282 e. The molecule has 0 radical (unpaired) electrons. The Hall–Kier alpha value is -3.21. The highest BCUT2D eigenvalue weighted by atomic mass is 35.5. The fourth-order valence-electron chi connectivity index (χ4n) is 3.61. The number of hydrogen-bond acceptors (Lipinski definition) is 6. The van der Waals surface area contributed by atoms with Gasteiger partial charge in [-0.1, -0.05) is 70.1 Å². The number of ketones is 1. The number of nitro groups is 1. The molecule has 1 aliphatic rings. The Balaban J connectivity index is 1.86. The first-order valence-electron chi connectivity index (χ1n) is 10.0. The maximum atomic E-state index is 13.6. The van der Waals surface area contributed by atoms with Gasteiger partial charge in [-0.25, -0.2) is 5.01 Å². The lowest BCUT2D eigenvalue weighted by Gasteiger charge is -2.29. The Labute approximate surface area is 233 Å². The second kappa shape index (κ2) is 10.3. The minimum absolute atomic E-state index is 0.0866. The summed E-state index contributed by atoms with van der Waals surface area (Å²) in [7, 11) is 0. The average molecular weight is 602 g/mol. The lowest BCUT2D eigenvalue weighted by Crippen LogP contribution is -2.51. The topological polar surface area (TPSA) is 118 Å². The van der Waals surface area contributed by atoms with Crippen molar-refractivity contribution in [3.8, 4) is 0 Å². The minimum Gasteiger partial charge on any atom is -0.292 e. The van der Waals surface area contributed by atoms with Gasteiger partial charge in [-0.2, -0.15) is 5.01 Å². The third-order valence-corrected chi connectivity index (χ3v) is 7.40. The van der Waals surface area contributed by atoms with E-state index in [1.807, 2.05) is 0 Å². The second-order valence-electron chi connectivity index (χ2n) is 7.50. The SMILES string of the molecule is O=C(CN(C(=O)c1ccccc1[N+](=O)[O-])N1C(=O)c2c(Cl)c(Cl)c(Cl)c(Cl)c2C1=O)c1ccc(Cl)cc1. The van der Waals surface area contributed by atoms with Gasteiger partial charge in [0.1, 0.15) is 12.1 Å². The van der Waals surface area contributed by atoms with E-state index >= 15 is 0 Å². The Morgan fingerprint density at radius 3 is 1.84 bits per heavy atom. The zero-order valence-corrected chi connectivity index (χ0v) is 21.8. The van der Waals surface area contributed by atoms with Crippen LogP contribution >= 0.6 is 58.0 Å². The molecule has 0 saturated heterocycles. The van der Waals surface area contributed by atoms with Crippen LogP contribution in [0.1, 0.15) is 41.4 Å². The Kier molecular flexibility index (Phi) is 7.45. The van der Waals surface area contributed by atoms with Crippen molar-refractivity contribution < 1.29 is 24.1 Å². The molecule has 0 aliphatic carbocycles. The third-order valence-electron chi connectivity index (χ3n) is 5.35. The number of carbonyl (C=O) groups excluding carboxylic acids is 4. The highest BCUT2D eigenvalue weighted by molar-refractivity contribution is 6.55. The van der Waals surface area contributed by atoms with E-state index in [1.54, 1.807) is 0 Å². The number of benzene rings is 3. The molecule has 0 spiro atoms. The molecule has 14 heteroatoms. The summed E-state index contributed by atoms with van der Waals surface area (Å²) in [4.78, 5) is 64.3. The van der Waals surface area contributed by atoms with Crippen molar-refractivity contribution in [2.75, 3.05) is 6.54 Å². The zero-order valence-electron chi connectivity index (χ0n) is 18.0. The summed E-state index contributed by atoms with van der Waals surface area (Å²) in [6.07, 6.45) is 0. The molecular formula is C23H10Cl5N3O6. The van der Waals surface area contributed by atoms with Crippen LogP contribution in [0.4, 0.5) is 5.69 Å². The summed E-state index contributed by atoms with van der Waals surface area (Å²) in [5.74, 6) is -4.18. The molecule has 0 unspecified atom stereocenters. The molecule has 4 rings (SSSR count). The molecule has 1 aliphatic heterocycles. The van der Waals surface area contributed by atoms with Crippen molar-refractivity contribution in [2.24, 2.45) is 0 Å². The van der Waals surface area contributed by atoms with Crippen molar-refractivity contribution in [2.45, 2.75) is 0 Å². The highest BCUT2D eigenvalue weighted by Gasteiger charge is 2.47. The number of fused-ring (bicyclic) bond motifs is 1. The van der Waals surface area contributed by atoms with Crippen LogP contribution in [0.3, 0.4) is 0 Å². The predicted octanol–water partition coefficient (Wildman–Crippen LogP) is 6.40. The van der Waals surface area contributed by atoms with Gasteiger partial charge in [0.25, 0.3) is 23.4 Å². The van der Waals surface area contributed by atoms with Crippen LogP contribution in [0.5, 0.6) is 0 Å². The average Bonchev–Trinajstić information content (AvgIpc) is 3.14. The molecule has 3 aromatic rings. The van der Waals surface area contributed by atoms with E-state index in [-0.39, 0.29) is 15.6 Å². The van der Waals surface area contributed by atoms with Gasteiger partial charge < -0.3 is 0 Å². The first-order valence-corrected chi connectivity index (χ1v) is 11.9. The third kappa shape index (κ3) is 4.65. The molecule has 3 amide bonds. The molecule has 3 aromatic carbocycles. The van der Waals surface area contributed by atoms with Crippen molar-refractivity contribution in [1.82, 2.24) is 10.0 Å². The van der Waals surface area contributed by atoms with Gasteiger partial charge in [-0.15, -0.1) is 0 Å². The first kappa shape index (κ1) is 26.8. The lowest BCUT2D eigenvalue weighted by atomic mass is 10.1. The number of amides is 3. The largest absolute Gasteiger partial charge is 0.292 e. The van der Waals surface area contributed by atoms with E-state index in [1.165, 1.54) is 36.4 Å². The van der Waals surface area contributed by atoms with Crippen molar-refractivity contribution in [3.63, 3.8) is 0 Å². The van der Waals surface area contributed by atoms with E-state index in [4.69, 9.17) is 58.0 Å². The van der Waals surface area contributed by atoms with E-state index in [0.29, 0.717) is 15.0 Å². The monoisotopic (exact) mass is 599 g/mol. The van der Waals surface area contributed by atoms with Gasteiger partial charge in [-0.05, 0) is 30.3 Å². The van der Waals surface area contributed by atoms with Gasteiger partial charge in [0.05, 0.1) is 36.1 Å². The minimum atomic E-state index is -1.19. The van der Waals surface area contributed by atoms with Crippen LogP contribution in [0.15, 0.2) is 48.5 Å². The van der Waals surface area contributed by atoms with Crippen LogP contribution < -0.4 is 0 Å². The fraction of sp³-hybridized carbons (Fsp3) is 0.0435. The van der Waals surface area contributed by atoms with Crippen LogP contribution in [-0.2, 0) is 0 Å². The quantitative estimate of drug-likeness (QED) is 0.0806. The van der Waals surface area contributed by atoms with Crippen LogP contribution in [0, 0.1) is 10.1 Å². The summed E-state index contributed by atoms with van der Waals surface area (Å²) in [5.41, 5.74) is -1.89. The van der Waals surface area contributed by atoms with Crippen molar-refractivity contribution in [3.05, 3.63) is 106 Å². The molecular weight excluding hydrogens is 592 g/mol. The maximum absolute atomic E-state index is 13.6. The lowest BCUT2D eigenvalue weighted by molar-refractivity contribution is -0.385. The number of imide groups is 1. The molecule has 0 N–H and O–H groups in total. The number of carbonyl (C=O) groups is 4. The number of rotatable bonds is 6. The summed E-state index contributed by atoms with van der Waals surface area (Å²) in [6, 6.07) is 10.4. The Morgan fingerprint density at radius 2 is 1.32 bits per heavy atom. The number of Topliss-reactive ketones (excluding diaryl/α,β-unsaturated/α-hetero) is 1. The fourth-order valence-corrected chi connectivity index (χ4v) is 4.75. The molecule has 0 aromatic heterocycles. The molecule has 0 bridgehead atoms. The molecule has 188 valence electrons. The van der Waals surface area contributed by atoms with Gasteiger partial charge in [0.15, 0.2) is 5.78 Å². The molecule has 37 heavy (non-hydrogen) atoms. The summed E-state index contributed by atoms with van der Waals surface area (Å²) in [5, 5.41) is 11.3. The molecule has 0 fully saturated rings. The van der Waals surface area contributed by atoms with E-state index in [0.717, 1.165) is 12.1 Å². The number of hydrazine groups is 1. The predicted molar refractivity (Wildman–Crippen MR) is 137 cm³/mol. The van der Waals surface area contributed by atoms with E-state index in [2.05, 4.69) is 0 Å². The van der Waals surface area contributed by atoms with Gasteiger partial charge in [-0.3, -0.25) is 29.3 Å². The van der Waals surface area contributed by atoms with E-state index < -0.39 is 67.4 Å². The summed E-state index contributed by atoms with van der Waals surface area (Å²) in [6.45, 7) is -0.866. The number of nitrogens with zero attached hydrogens (tertiary/aromatic N) is 3. The Bertz CT molecular complexity index is 1480. The second-order valence-corrected chi connectivity index (χ2v) is 9.44. The number of halogens is 5. The molecule has 1 heterocycles. The molecule has 9 nitrogen and oxygen atoms in total. The smallest absolute Gasteiger partial charge is 0.282 e. The number of nitro benzene ring substituents is 1. The van der Waals surface area contributed by atoms with Gasteiger partial charge in [0.2, 0.25) is 0 Å². The normalized spacial score (nSPS) is 12.5. The van der Waals surface area contributed by atoms with Crippen LogP contribution in [0.25, 0.3) is 0 Å². The van der Waals surface area contributed by atoms with Crippen LogP contribution in [-0.4, -0.2) is 45.0 Å². The molecule has 0 saturated carbocycles. The van der Waals surface area contributed by atoms with Crippen molar-refractivity contribution >= 4 is 87.2 Å². The van der Waals surface area contributed by atoms with E-state index in [9.17, 15) is 29.3 Å². The first-order chi connectivity index (χ1) is 17.5. The highest BCUT2D eigenvalue weighted by Crippen LogP contribution is 2.45. The summed E-state index contributed by atoms with van der Waals surface area (Å²) < 4.78 is 0. The molecule has 0 atom stereocenters. The standard InChI is InChI=1S/C23H10Cl5N3O6/c24-11-7-5-10(6-8-11)14(32)9-29(21(33)12-3-1-2-4-13(12)31(36)37)30-22(34)15-16(23(30)35)18(26)20(28)19(27)17(15)25/h1-8H,9H2.